The fourth-order valence-electron chi connectivity index (χ4n) is 9.00. The highest BCUT2D eigenvalue weighted by atomic mass is 31.2. The Labute approximate surface area is 488 Å². The van der Waals surface area contributed by atoms with E-state index in [-0.39, 0.29) is 31.5 Å². The summed E-state index contributed by atoms with van der Waals surface area (Å²) in [7, 11) is 1.47. The van der Waals surface area contributed by atoms with Crippen molar-refractivity contribution in [2.45, 2.75) is 290 Å². The third-order valence-electron chi connectivity index (χ3n) is 14.0. The molecule has 0 radical (unpaired) electrons. The molecule has 456 valence electrons. The molecule has 0 saturated heterocycles. The zero-order chi connectivity index (χ0) is 57.9. The van der Waals surface area contributed by atoms with Crippen LogP contribution in [0.2, 0.25) is 0 Å². The maximum absolute atomic E-state index is 13.6. The van der Waals surface area contributed by atoms with E-state index in [1.54, 1.807) is 0 Å². The number of esters is 1. The zero-order valence-corrected chi connectivity index (χ0v) is 53.0. The first kappa shape index (κ1) is 75.9. The summed E-state index contributed by atoms with van der Waals surface area (Å²) in [6.45, 7) is 6.88. The molecule has 0 spiro atoms. The summed E-state index contributed by atoms with van der Waals surface area (Å²) in [5.74, 6) is -0.534. The molecular formula is C69H124N2O7P+. The van der Waals surface area contributed by atoms with Gasteiger partial charge in [-0.15, -0.1) is 0 Å². The van der Waals surface area contributed by atoms with Gasteiger partial charge in [-0.05, 0) is 109 Å². The minimum Gasteiger partial charge on any atom is -0.456 e. The SMILES string of the molecule is CC/C=C\C/C=C\C/C=C\C/C=C\C/C=C\C/C=C\CCCCCCCCCCC(=O)NC(COP(=O)(O)OCC[N+](C)(C)C)C(/C=C\CCCCCCCCCCCCC)OC(=O)CCCCC/C=C\CCCCCCCC. The van der Waals surface area contributed by atoms with Gasteiger partial charge in [-0.1, -0.05) is 253 Å². The van der Waals surface area contributed by atoms with E-state index in [4.69, 9.17) is 13.8 Å². The topological polar surface area (TPSA) is 111 Å². The van der Waals surface area contributed by atoms with E-state index >= 15 is 0 Å². The lowest BCUT2D eigenvalue weighted by molar-refractivity contribution is -0.870. The fraction of sp³-hybridized carbons (Fsp3) is 0.739. The van der Waals surface area contributed by atoms with E-state index in [1.807, 2.05) is 33.3 Å². The Hall–Kier alpha value is -3.07. The van der Waals surface area contributed by atoms with Gasteiger partial charge in [0.1, 0.15) is 19.3 Å². The van der Waals surface area contributed by atoms with Crippen molar-refractivity contribution < 1.29 is 37.3 Å². The molecule has 2 N–H and O–H groups in total. The fourth-order valence-corrected chi connectivity index (χ4v) is 9.73. The molecule has 10 heteroatoms. The summed E-state index contributed by atoms with van der Waals surface area (Å²) in [6, 6.07) is -0.864. The van der Waals surface area contributed by atoms with Gasteiger partial charge in [0.2, 0.25) is 5.91 Å². The Morgan fingerprint density at radius 1 is 0.456 bits per heavy atom. The lowest BCUT2D eigenvalue weighted by atomic mass is 10.0. The Kier molecular flexibility index (Phi) is 55.9. The molecule has 0 aliphatic carbocycles. The average Bonchev–Trinajstić information content (AvgIpc) is 3.41. The zero-order valence-electron chi connectivity index (χ0n) is 52.1. The van der Waals surface area contributed by atoms with Crippen LogP contribution in [0.1, 0.15) is 278 Å². The maximum atomic E-state index is 13.6. The highest BCUT2D eigenvalue weighted by Gasteiger charge is 2.30. The lowest BCUT2D eigenvalue weighted by Gasteiger charge is -2.27. The quantitative estimate of drug-likeness (QED) is 0.0205. The molecule has 0 heterocycles. The number of carbonyl (C=O) groups is 2. The molecule has 9 nitrogen and oxygen atoms in total. The molecular weight excluding hydrogens is 1000 g/mol. The molecule has 0 bridgehead atoms. The number of nitrogens with zero attached hydrogens (tertiary/aromatic N) is 1. The van der Waals surface area contributed by atoms with Crippen LogP contribution >= 0.6 is 7.82 Å². The predicted molar refractivity (Wildman–Crippen MR) is 341 cm³/mol. The monoisotopic (exact) mass is 1120 g/mol. The third kappa shape index (κ3) is 59.4. The Balaban J connectivity index is 5.15. The van der Waals surface area contributed by atoms with Gasteiger partial charge >= 0.3 is 13.8 Å². The first-order valence-electron chi connectivity index (χ1n) is 32.6. The summed E-state index contributed by atoms with van der Waals surface area (Å²) >= 11 is 0. The molecule has 0 aromatic heterocycles. The van der Waals surface area contributed by atoms with Crippen LogP contribution in [-0.2, 0) is 27.9 Å². The molecule has 0 aromatic carbocycles. The minimum absolute atomic E-state index is 0.0326. The van der Waals surface area contributed by atoms with E-state index < -0.39 is 20.0 Å². The number of phosphoric ester groups is 1. The molecule has 0 fully saturated rings. The minimum atomic E-state index is -4.46. The lowest BCUT2D eigenvalue weighted by Crippen LogP contribution is -2.47. The molecule has 3 atom stereocenters. The molecule has 0 saturated carbocycles. The van der Waals surface area contributed by atoms with E-state index in [0.717, 1.165) is 116 Å². The van der Waals surface area contributed by atoms with E-state index in [9.17, 15) is 19.0 Å². The van der Waals surface area contributed by atoms with Crippen LogP contribution in [0, 0.1) is 0 Å². The normalized spacial score (nSPS) is 14.3. The summed E-state index contributed by atoms with van der Waals surface area (Å²) < 4.78 is 30.7. The van der Waals surface area contributed by atoms with Gasteiger partial charge in [0, 0.05) is 12.8 Å². The van der Waals surface area contributed by atoms with Gasteiger partial charge < -0.3 is 19.4 Å². The van der Waals surface area contributed by atoms with Gasteiger partial charge in [-0.3, -0.25) is 18.6 Å². The number of unbranched alkanes of at least 4 members (excludes halogenated alkanes) is 28. The molecule has 0 aliphatic heterocycles. The molecule has 1 amide bonds. The molecule has 0 rings (SSSR count). The van der Waals surface area contributed by atoms with Crippen molar-refractivity contribution >= 4 is 19.7 Å². The van der Waals surface area contributed by atoms with Crippen molar-refractivity contribution in [3.63, 3.8) is 0 Å². The number of ether oxygens (including phenoxy) is 1. The molecule has 0 aliphatic rings. The molecule has 3 unspecified atom stereocenters. The van der Waals surface area contributed by atoms with Crippen molar-refractivity contribution in [1.82, 2.24) is 5.32 Å². The van der Waals surface area contributed by atoms with Gasteiger partial charge in [0.05, 0.1) is 33.8 Å². The smallest absolute Gasteiger partial charge is 0.456 e. The number of likely N-dealkylation sites (N-methyl/N-ethyl adjacent to an activating group) is 1. The first-order chi connectivity index (χ1) is 38.4. The predicted octanol–water partition coefficient (Wildman–Crippen LogP) is 20.3. The largest absolute Gasteiger partial charge is 0.472 e. The van der Waals surface area contributed by atoms with Crippen LogP contribution in [0.5, 0.6) is 0 Å². The number of hydrogen-bond donors (Lipinski definition) is 2. The van der Waals surface area contributed by atoms with Crippen LogP contribution in [0.15, 0.2) is 97.2 Å². The van der Waals surface area contributed by atoms with Crippen LogP contribution in [0.25, 0.3) is 0 Å². The summed E-state index contributed by atoms with van der Waals surface area (Å²) in [5.41, 5.74) is 0. The molecule has 79 heavy (non-hydrogen) atoms. The number of nitrogens with one attached hydrogen (secondary N) is 1. The van der Waals surface area contributed by atoms with E-state index in [2.05, 4.69) is 111 Å². The Morgan fingerprint density at radius 3 is 1.24 bits per heavy atom. The average molecular weight is 1120 g/mol. The van der Waals surface area contributed by atoms with Crippen molar-refractivity contribution in [3.05, 3.63) is 97.2 Å². The van der Waals surface area contributed by atoms with Crippen molar-refractivity contribution in [2.75, 3.05) is 40.9 Å². The van der Waals surface area contributed by atoms with Gasteiger partial charge in [0.15, 0.2) is 0 Å². The second kappa shape index (κ2) is 58.1. The van der Waals surface area contributed by atoms with Gasteiger partial charge in [-0.25, -0.2) is 4.57 Å². The number of allylic oxidation sites excluding steroid dienone is 15. The van der Waals surface area contributed by atoms with Crippen LogP contribution < -0.4 is 5.32 Å². The number of rotatable bonds is 58. The summed E-state index contributed by atoms with van der Waals surface area (Å²) in [4.78, 5) is 37.7. The first-order valence-corrected chi connectivity index (χ1v) is 34.1. The standard InChI is InChI=1S/C69H123N2O7P/c1-7-10-13-16-19-22-25-28-29-30-31-32-33-34-35-36-37-38-39-40-41-44-46-49-52-55-58-61-68(72)70-66(65-77-79(74,75)76-64-63-71(4,5)6)67(60-57-54-51-48-45-42-26-23-20-17-14-11-8-2)78-69(73)62-59-56-53-50-47-43-27-24-21-18-15-12-9-3/h10,13,19,22,28-29,31-32,34-35,37-38,43,47,57,60,66-67H,7-9,11-12,14-18,20-21,23-27,30,33,36,39-42,44-46,48-56,58-59,61-65H2,1-6H3,(H-,70,72,74,75)/p+1/b13-10-,22-19-,29-28-,32-31-,35-34-,38-37-,47-43-,60-57-. The summed E-state index contributed by atoms with van der Waals surface area (Å²) in [5, 5.41) is 3.05. The maximum Gasteiger partial charge on any atom is 0.472 e. The molecule has 0 aromatic rings. The van der Waals surface area contributed by atoms with Crippen molar-refractivity contribution in [2.24, 2.45) is 0 Å². The van der Waals surface area contributed by atoms with Crippen LogP contribution in [0.3, 0.4) is 0 Å². The third-order valence-corrected chi connectivity index (χ3v) is 15.0. The van der Waals surface area contributed by atoms with Crippen LogP contribution in [-0.4, -0.2) is 74.3 Å². The highest BCUT2D eigenvalue weighted by molar-refractivity contribution is 7.47. The Morgan fingerprint density at radius 2 is 0.810 bits per heavy atom. The second-order valence-corrected chi connectivity index (χ2v) is 24.4. The van der Waals surface area contributed by atoms with Crippen molar-refractivity contribution in [3.8, 4) is 0 Å². The highest BCUT2D eigenvalue weighted by Crippen LogP contribution is 2.43. The number of quaternary nitrogens is 1. The van der Waals surface area contributed by atoms with Crippen molar-refractivity contribution in [1.29, 1.82) is 0 Å². The summed E-state index contributed by atoms with van der Waals surface area (Å²) in [6.07, 6.45) is 78.4. The number of carbonyl (C=O) groups excluding carboxylic acids is 2. The van der Waals surface area contributed by atoms with Gasteiger partial charge in [0.25, 0.3) is 0 Å². The number of phosphoric acid groups is 1. The number of amides is 1. The van der Waals surface area contributed by atoms with E-state index in [0.29, 0.717) is 23.9 Å². The second-order valence-electron chi connectivity index (χ2n) is 22.9. The van der Waals surface area contributed by atoms with E-state index in [1.165, 1.54) is 122 Å². The van der Waals surface area contributed by atoms with Gasteiger partial charge in [-0.2, -0.15) is 0 Å². The number of hydrogen-bond acceptors (Lipinski definition) is 6. The van der Waals surface area contributed by atoms with Crippen LogP contribution in [0.4, 0.5) is 0 Å². The Bertz CT molecular complexity index is 1670.